The van der Waals surface area contributed by atoms with Crippen LogP contribution in [0.3, 0.4) is 0 Å². The van der Waals surface area contributed by atoms with Crippen molar-refractivity contribution < 1.29 is 24.0 Å². The number of hydrogen-bond donors (Lipinski definition) is 2. The van der Waals surface area contributed by atoms with Crippen LogP contribution < -0.4 is 5.48 Å². The number of hydrogen-bond acceptors (Lipinski definition) is 10. The second-order valence-corrected chi connectivity index (χ2v) is 7.99. The number of nitriles is 2. The van der Waals surface area contributed by atoms with Crippen LogP contribution in [0.25, 0.3) is 0 Å². The molecule has 0 saturated heterocycles. The first-order valence-electron chi connectivity index (χ1n) is 7.94. The molecule has 2 rings (SSSR count). The molecule has 24 heavy (non-hydrogen) atoms. The first-order valence-corrected chi connectivity index (χ1v) is 9.55. The maximum Gasteiger partial charge on any atom is 0.0670 e. The standard InChI is InChI=1S/C14H21N3O5S2/c15-8-10-4-5-14(6-11(10)9-16)23-21-19-17-12-2-1-3-13(7-12)24-22-20-18/h10-14,17-18H,1-7H2. The normalized spacial score (nSPS) is 33.5. The Hall–Kier alpha value is -0.560. The zero-order valence-corrected chi connectivity index (χ0v) is 14.8. The molecular weight excluding hydrogens is 354 g/mol. The number of nitrogens with zero attached hydrogens (tertiary/aromatic N) is 2. The van der Waals surface area contributed by atoms with Crippen molar-refractivity contribution in [1.82, 2.24) is 5.48 Å². The van der Waals surface area contributed by atoms with E-state index in [2.05, 4.69) is 27.0 Å². The van der Waals surface area contributed by atoms with E-state index in [-0.39, 0.29) is 28.4 Å². The lowest BCUT2D eigenvalue weighted by Crippen LogP contribution is -2.35. The molecule has 0 spiro atoms. The molecule has 2 fully saturated rings. The second kappa shape index (κ2) is 11.1. The van der Waals surface area contributed by atoms with Crippen LogP contribution >= 0.6 is 24.1 Å². The molecule has 0 bridgehead atoms. The SMILES string of the molecule is N#CC1CCC(SOONC2CCCC(SOOO)C2)CC1C#N. The maximum absolute atomic E-state index is 9.11. The van der Waals surface area contributed by atoms with E-state index in [1.807, 2.05) is 0 Å². The Morgan fingerprint density at radius 3 is 2.42 bits per heavy atom. The summed E-state index contributed by atoms with van der Waals surface area (Å²) in [5.74, 6) is -0.407. The van der Waals surface area contributed by atoms with Crippen molar-refractivity contribution in [3.8, 4) is 12.1 Å². The van der Waals surface area contributed by atoms with E-state index in [1.54, 1.807) is 0 Å². The highest BCUT2D eigenvalue weighted by Gasteiger charge is 2.31. The molecule has 5 atom stereocenters. The maximum atomic E-state index is 9.11. The summed E-state index contributed by atoms with van der Waals surface area (Å²) in [4.78, 5) is 5.09. The second-order valence-electron chi connectivity index (χ2n) is 6.00. The third-order valence-electron chi connectivity index (χ3n) is 4.39. The van der Waals surface area contributed by atoms with Crippen molar-refractivity contribution >= 4 is 24.1 Å². The van der Waals surface area contributed by atoms with Gasteiger partial charge in [0.2, 0.25) is 0 Å². The molecule has 8 nitrogen and oxygen atoms in total. The van der Waals surface area contributed by atoms with E-state index >= 15 is 0 Å². The summed E-state index contributed by atoms with van der Waals surface area (Å²) in [5.41, 5.74) is 2.88. The van der Waals surface area contributed by atoms with Crippen molar-refractivity contribution in [2.75, 3.05) is 0 Å². The minimum Gasteiger partial charge on any atom is -0.220 e. The lowest BCUT2D eigenvalue weighted by molar-refractivity contribution is -0.432. The fourth-order valence-corrected chi connectivity index (χ4v) is 4.52. The molecular formula is C14H21N3O5S2. The molecule has 0 aromatic heterocycles. The molecule has 0 aromatic carbocycles. The van der Waals surface area contributed by atoms with Crippen LogP contribution in [0.4, 0.5) is 0 Å². The van der Waals surface area contributed by atoms with E-state index in [0.717, 1.165) is 50.6 Å². The number of rotatable bonds is 8. The summed E-state index contributed by atoms with van der Waals surface area (Å²) >= 11 is 2.30. The Balaban J connectivity index is 1.59. The molecule has 2 aliphatic carbocycles. The fraction of sp³-hybridized carbons (Fsp3) is 0.857. The molecule has 2 N–H and O–H groups in total. The lowest BCUT2D eigenvalue weighted by atomic mass is 9.81. The summed E-state index contributed by atoms with van der Waals surface area (Å²) in [5, 5.41) is 30.3. The lowest BCUT2D eigenvalue weighted by Gasteiger charge is -2.28. The van der Waals surface area contributed by atoms with Crippen LogP contribution in [0.15, 0.2) is 0 Å². The zero-order chi connectivity index (χ0) is 17.2. The predicted octanol–water partition coefficient (Wildman–Crippen LogP) is 3.30. The van der Waals surface area contributed by atoms with E-state index in [4.69, 9.17) is 25.1 Å². The summed E-state index contributed by atoms with van der Waals surface area (Å²) in [6, 6.07) is 4.55. The van der Waals surface area contributed by atoms with Crippen LogP contribution in [0.5, 0.6) is 0 Å². The van der Waals surface area contributed by atoms with Gasteiger partial charge >= 0.3 is 0 Å². The third-order valence-corrected chi connectivity index (χ3v) is 6.08. The first kappa shape index (κ1) is 19.8. The molecule has 2 saturated carbocycles. The van der Waals surface area contributed by atoms with Gasteiger partial charge in [0.1, 0.15) is 0 Å². The smallest absolute Gasteiger partial charge is 0.0670 e. The quantitative estimate of drug-likeness (QED) is 0.283. The van der Waals surface area contributed by atoms with Gasteiger partial charge in [-0.15, -0.1) is 13.7 Å². The summed E-state index contributed by atoms with van der Waals surface area (Å²) in [6.45, 7) is 0. The molecule has 134 valence electrons. The van der Waals surface area contributed by atoms with Gasteiger partial charge in [-0.2, -0.15) is 16.0 Å². The molecule has 0 aromatic rings. The van der Waals surface area contributed by atoms with Crippen molar-refractivity contribution in [2.45, 2.75) is 61.5 Å². The van der Waals surface area contributed by atoms with Gasteiger partial charge in [0.05, 0.1) is 24.0 Å². The van der Waals surface area contributed by atoms with Crippen LogP contribution in [0, 0.1) is 34.5 Å². The molecule has 0 aliphatic heterocycles. The van der Waals surface area contributed by atoms with E-state index in [1.165, 1.54) is 12.0 Å². The van der Waals surface area contributed by atoms with E-state index in [0.29, 0.717) is 6.42 Å². The Morgan fingerprint density at radius 2 is 1.67 bits per heavy atom. The van der Waals surface area contributed by atoms with Crippen LogP contribution in [0.1, 0.15) is 44.9 Å². The summed E-state index contributed by atoms with van der Waals surface area (Å²) < 4.78 is 9.65. The first-order chi connectivity index (χ1) is 11.8. The van der Waals surface area contributed by atoms with Crippen LogP contribution in [-0.2, 0) is 18.7 Å². The number of hydroxylamine groups is 1. The van der Waals surface area contributed by atoms with Crippen LogP contribution in [0.2, 0.25) is 0 Å². The van der Waals surface area contributed by atoms with E-state index in [9.17, 15) is 0 Å². The highest BCUT2D eigenvalue weighted by atomic mass is 32.2. The highest BCUT2D eigenvalue weighted by molar-refractivity contribution is 7.95. The Kier molecular flexibility index (Phi) is 9.17. The van der Waals surface area contributed by atoms with Crippen molar-refractivity contribution in [1.29, 1.82) is 10.5 Å². The van der Waals surface area contributed by atoms with Gasteiger partial charge in [-0.1, -0.05) is 11.5 Å². The van der Waals surface area contributed by atoms with Crippen molar-refractivity contribution in [2.24, 2.45) is 11.8 Å². The average molecular weight is 375 g/mol. The Labute approximate surface area is 149 Å². The van der Waals surface area contributed by atoms with Gasteiger partial charge in [0, 0.05) is 40.6 Å². The summed E-state index contributed by atoms with van der Waals surface area (Å²) in [6.07, 6.45) is 5.98. The third kappa shape index (κ3) is 6.39. The largest absolute Gasteiger partial charge is 0.220 e. The molecule has 0 heterocycles. The number of nitrogens with one attached hydrogen (secondary N) is 1. The minimum absolute atomic E-state index is 0.139. The molecule has 5 unspecified atom stereocenters. The van der Waals surface area contributed by atoms with Gasteiger partial charge < -0.3 is 0 Å². The predicted molar refractivity (Wildman–Crippen MR) is 87.2 cm³/mol. The molecule has 10 heteroatoms. The molecule has 0 amide bonds. The Morgan fingerprint density at radius 1 is 0.917 bits per heavy atom. The highest BCUT2D eigenvalue weighted by Crippen LogP contribution is 2.36. The Bertz CT molecular complexity index is 459. The van der Waals surface area contributed by atoms with Gasteiger partial charge in [-0.25, -0.2) is 5.26 Å². The van der Waals surface area contributed by atoms with Gasteiger partial charge in [0.25, 0.3) is 0 Å². The van der Waals surface area contributed by atoms with Crippen LogP contribution in [-0.4, -0.2) is 21.8 Å². The monoisotopic (exact) mass is 375 g/mol. The van der Waals surface area contributed by atoms with Crippen molar-refractivity contribution in [3.63, 3.8) is 0 Å². The summed E-state index contributed by atoms with van der Waals surface area (Å²) in [7, 11) is 0. The van der Waals surface area contributed by atoms with Crippen molar-refractivity contribution in [3.05, 3.63) is 0 Å². The molecule has 2 aliphatic rings. The average Bonchev–Trinajstić information content (AvgIpc) is 2.63. The molecule has 0 radical (unpaired) electrons. The van der Waals surface area contributed by atoms with Gasteiger partial charge in [-0.05, 0) is 38.5 Å². The fourth-order valence-electron chi connectivity index (χ4n) is 3.09. The van der Waals surface area contributed by atoms with E-state index < -0.39 is 0 Å². The van der Waals surface area contributed by atoms with Gasteiger partial charge in [0.15, 0.2) is 0 Å². The topological polar surface area (TPSA) is 117 Å². The zero-order valence-electron chi connectivity index (χ0n) is 13.1. The van der Waals surface area contributed by atoms with Gasteiger partial charge in [-0.3, -0.25) is 0 Å². The minimum atomic E-state index is -0.234.